The molecule has 2 N–H and O–H groups in total. The fourth-order valence-corrected chi connectivity index (χ4v) is 3.51. The minimum atomic E-state index is -3.58. The maximum atomic E-state index is 12.1. The molecule has 8 heteroatoms. The number of rotatable bonds is 9. The van der Waals surface area contributed by atoms with Crippen LogP contribution in [0.25, 0.3) is 0 Å². The molecule has 3 rings (SSSR count). The first-order valence-corrected chi connectivity index (χ1v) is 11.5. The van der Waals surface area contributed by atoms with E-state index in [4.69, 9.17) is 0 Å². The van der Waals surface area contributed by atoms with Crippen LogP contribution in [0.3, 0.4) is 0 Å². The number of anilines is 2. The van der Waals surface area contributed by atoms with Crippen molar-refractivity contribution >= 4 is 21.9 Å². The minimum absolute atomic E-state index is 0.191. The molecule has 7 nitrogen and oxygen atoms in total. The van der Waals surface area contributed by atoms with Gasteiger partial charge in [0.15, 0.2) is 0 Å². The molecule has 1 heterocycles. The van der Waals surface area contributed by atoms with Gasteiger partial charge in [-0.2, -0.15) is 4.98 Å². The third kappa shape index (κ3) is 5.57. The third-order valence-electron chi connectivity index (χ3n) is 4.66. The molecular formula is C21H27N5O2S. The van der Waals surface area contributed by atoms with Gasteiger partial charge in [-0.3, -0.25) is 0 Å². The lowest BCUT2D eigenvalue weighted by Gasteiger charge is -2.07. The first-order valence-electron chi connectivity index (χ1n) is 9.70. The Balaban J connectivity index is 1.71. The second-order valence-corrected chi connectivity index (χ2v) is 8.72. The molecule has 29 heavy (non-hydrogen) atoms. The van der Waals surface area contributed by atoms with E-state index in [0.29, 0.717) is 13.1 Å². The Hall–Kier alpha value is -2.87. The van der Waals surface area contributed by atoms with E-state index < -0.39 is 10.0 Å². The maximum Gasteiger partial charge on any atom is 0.254 e. The van der Waals surface area contributed by atoms with Crippen LogP contribution >= 0.6 is 0 Å². The van der Waals surface area contributed by atoms with E-state index >= 15 is 0 Å². The van der Waals surface area contributed by atoms with Crippen LogP contribution in [0.1, 0.15) is 36.1 Å². The standard InChI is InChI=1S/C21H27N5O2S/c1-4-16-6-10-18(11-7-16)14-22-20-24-21(26(25-20)29(3,27)28)23-15-19-12-8-17(5-2)9-13-19/h6-13H,4-5,14-15H2,1-3H3,(H2,22,23,24,25). The number of aromatic nitrogens is 3. The summed E-state index contributed by atoms with van der Waals surface area (Å²) in [4.78, 5) is 4.32. The molecule has 0 unspecified atom stereocenters. The van der Waals surface area contributed by atoms with Crippen molar-refractivity contribution in [3.05, 3.63) is 70.8 Å². The quantitative estimate of drug-likeness (QED) is 0.559. The summed E-state index contributed by atoms with van der Waals surface area (Å²) in [5.41, 5.74) is 4.64. The number of hydrogen-bond acceptors (Lipinski definition) is 6. The molecule has 0 aliphatic carbocycles. The summed E-state index contributed by atoms with van der Waals surface area (Å²) in [5.74, 6) is 0.453. The molecule has 1 aromatic heterocycles. The molecule has 0 saturated carbocycles. The molecule has 0 amide bonds. The van der Waals surface area contributed by atoms with E-state index in [1.807, 2.05) is 24.3 Å². The Kier molecular flexibility index (Phi) is 6.53. The van der Waals surface area contributed by atoms with Gasteiger partial charge in [0.05, 0.1) is 6.26 Å². The van der Waals surface area contributed by atoms with Gasteiger partial charge in [-0.15, -0.1) is 9.19 Å². The Labute approximate surface area is 172 Å². The monoisotopic (exact) mass is 413 g/mol. The van der Waals surface area contributed by atoms with E-state index in [0.717, 1.165) is 34.3 Å². The first kappa shape index (κ1) is 20.9. The van der Waals surface area contributed by atoms with Crippen LogP contribution in [0, 0.1) is 0 Å². The Morgan fingerprint density at radius 2 is 1.24 bits per heavy atom. The molecule has 2 aromatic carbocycles. The fraction of sp³-hybridized carbons (Fsp3) is 0.333. The predicted octanol–water partition coefficient (Wildman–Crippen LogP) is 3.43. The fourth-order valence-electron chi connectivity index (χ4n) is 2.86. The van der Waals surface area contributed by atoms with Crippen LogP contribution in [0.5, 0.6) is 0 Å². The second-order valence-electron chi connectivity index (χ2n) is 6.91. The lowest BCUT2D eigenvalue weighted by Crippen LogP contribution is -2.16. The van der Waals surface area contributed by atoms with Gasteiger partial charge in [-0.05, 0) is 35.1 Å². The van der Waals surface area contributed by atoms with Crippen LogP contribution in [-0.4, -0.2) is 28.8 Å². The van der Waals surface area contributed by atoms with Crippen LogP contribution in [0.4, 0.5) is 11.9 Å². The number of nitrogens with one attached hydrogen (secondary N) is 2. The van der Waals surface area contributed by atoms with Crippen molar-refractivity contribution in [2.75, 3.05) is 16.9 Å². The largest absolute Gasteiger partial charge is 0.349 e. The Morgan fingerprint density at radius 3 is 1.69 bits per heavy atom. The number of benzene rings is 2. The van der Waals surface area contributed by atoms with E-state index in [-0.39, 0.29) is 11.9 Å². The van der Waals surface area contributed by atoms with Crippen LogP contribution < -0.4 is 10.6 Å². The van der Waals surface area contributed by atoms with Gasteiger partial charge in [0.2, 0.25) is 11.9 Å². The highest BCUT2D eigenvalue weighted by atomic mass is 32.2. The van der Waals surface area contributed by atoms with Crippen molar-refractivity contribution < 1.29 is 8.42 Å². The van der Waals surface area contributed by atoms with E-state index in [2.05, 4.69) is 58.8 Å². The summed E-state index contributed by atoms with van der Waals surface area (Å²) in [5, 5.41) is 10.3. The molecule has 0 atom stereocenters. The van der Waals surface area contributed by atoms with Crippen molar-refractivity contribution in [2.45, 2.75) is 39.8 Å². The SMILES string of the molecule is CCc1ccc(CNc2nc(NCc3ccc(CC)cc3)n(S(C)(=O)=O)n2)cc1. The highest BCUT2D eigenvalue weighted by Gasteiger charge is 2.17. The van der Waals surface area contributed by atoms with Gasteiger partial charge in [0.1, 0.15) is 0 Å². The van der Waals surface area contributed by atoms with Gasteiger partial charge in [0.25, 0.3) is 10.0 Å². The molecule has 0 spiro atoms. The van der Waals surface area contributed by atoms with Gasteiger partial charge in [-0.25, -0.2) is 8.42 Å². The Bertz CT molecular complexity index is 1040. The van der Waals surface area contributed by atoms with Crippen molar-refractivity contribution in [3.8, 4) is 0 Å². The molecular weight excluding hydrogens is 386 g/mol. The lowest BCUT2D eigenvalue weighted by molar-refractivity contribution is 0.587. The minimum Gasteiger partial charge on any atom is -0.349 e. The molecule has 154 valence electrons. The smallest absolute Gasteiger partial charge is 0.254 e. The van der Waals surface area contributed by atoms with Gasteiger partial charge in [-0.1, -0.05) is 62.4 Å². The topological polar surface area (TPSA) is 88.9 Å². The van der Waals surface area contributed by atoms with Crippen molar-refractivity contribution in [1.82, 2.24) is 14.2 Å². The molecule has 0 aliphatic heterocycles. The number of nitrogens with zero attached hydrogens (tertiary/aromatic N) is 3. The molecule has 0 fully saturated rings. The first-order chi connectivity index (χ1) is 13.9. The lowest BCUT2D eigenvalue weighted by atomic mass is 10.1. The zero-order valence-electron chi connectivity index (χ0n) is 17.0. The Morgan fingerprint density at radius 1 is 0.793 bits per heavy atom. The maximum absolute atomic E-state index is 12.1. The second kappa shape index (κ2) is 9.09. The van der Waals surface area contributed by atoms with E-state index in [9.17, 15) is 8.42 Å². The highest BCUT2D eigenvalue weighted by Crippen LogP contribution is 2.15. The summed E-state index contributed by atoms with van der Waals surface area (Å²) < 4.78 is 25.1. The summed E-state index contributed by atoms with van der Waals surface area (Å²) in [7, 11) is -3.58. The molecule has 0 radical (unpaired) electrons. The van der Waals surface area contributed by atoms with Crippen LogP contribution in [0.2, 0.25) is 0 Å². The number of aryl methyl sites for hydroxylation is 2. The summed E-state index contributed by atoms with van der Waals surface area (Å²) in [6, 6.07) is 16.4. The third-order valence-corrected chi connectivity index (χ3v) is 5.54. The number of hydrogen-bond donors (Lipinski definition) is 2. The van der Waals surface area contributed by atoms with Gasteiger partial charge < -0.3 is 10.6 Å². The molecule has 0 aliphatic rings. The van der Waals surface area contributed by atoms with Gasteiger partial charge >= 0.3 is 0 Å². The normalized spacial score (nSPS) is 11.4. The summed E-state index contributed by atoms with van der Waals surface area (Å²) in [6.07, 6.45) is 3.08. The van der Waals surface area contributed by atoms with Gasteiger partial charge in [0, 0.05) is 13.1 Å². The highest BCUT2D eigenvalue weighted by molar-refractivity contribution is 7.89. The van der Waals surface area contributed by atoms with Crippen molar-refractivity contribution in [2.24, 2.45) is 0 Å². The summed E-state index contributed by atoms with van der Waals surface area (Å²) >= 11 is 0. The van der Waals surface area contributed by atoms with E-state index in [1.165, 1.54) is 11.1 Å². The van der Waals surface area contributed by atoms with E-state index in [1.54, 1.807) is 0 Å². The molecule has 0 saturated heterocycles. The average molecular weight is 414 g/mol. The van der Waals surface area contributed by atoms with Crippen LogP contribution in [0.15, 0.2) is 48.5 Å². The molecule has 0 bridgehead atoms. The average Bonchev–Trinajstić information content (AvgIpc) is 3.15. The molecule has 3 aromatic rings. The summed E-state index contributed by atoms with van der Waals surface area (Å²) in [6.45, 7) is 5.18. The zero-order valence-corrected chi connectivity index (χ0v) is 17.8. The zero-order chi connectivity index (χ0) is 20.9. The van der Waals surface area contributed by atoms with Crippen LogP contribution in [-0.2, 0) is 36.0 Å². The van der Waals surface area contributed by atoms with Crippen molar-refractivity contribution in [1.29, 1.82) is 0 Å². The van der Waals surface area contributed by atoms with Crippen molar-refractivity contribution in [3.63, 3.8) is 0 Å². The predicted molar refractivity (Wildman–Crippen MR) is 117 cm³/mol.